The summed E-state index contributed by atoms with van der Waals surface area (Å²) in [5, 5.41) is 10.2. The van der Waals surface area contributed by atoms with Crippen LogP contribution in [0.1, 0.15) is 25.7 Å². The molecular formula is C29H40N4O8. The van der Waals surface area contributed by atoms with Crippen molar-refractivity contribution in [2.75, 3.05) is 79.0 Å². The van der Waals surface area contributed by atoms with E-state index in [2.05, 4.69) is 44.9 Å². The molecule has 0 aliphatic heterocycles. The molecule has 41 heavy (non-hydrogen) atoms. The van der Waals surface area contributed by atoms with Crippen LogP contribution < -0.4 is 21.3 Å². The van der Waals surface area contributed by atoms with Gasteiger partial charge in [-0.25, -0.2) is 0 Å². The van der Waals surface area contributed by atoms with Crippen LogP contribution in [0, 0.1) is 54.8 Å². The third-order valence-electron chi connectivity index (χ3n) is 5.08. The van der Waals surface area contributed by atoms with E-state index in [-0.39, 0.29) is 128 Å². The largest absolute Gasteiger partial charge is 0.380 e. The number of nitrogens with one attached hydrogen (secondary N) is 4. The standard InChI is InChI=1S/C29H40N4O8/c1-5-13-30-25(34)9-17-38-21-29(22-39-18-10-26(35)31-14-6-2,23-40-19-11-27(36)32-15-7-3)24-41-20-12-28(37)33-16-8-4/h1-4H,9-24H2,(H,30,34)(H,31,35)(H,32,36)(H,33,37). The van der Waals surface area contributed by atoms with Gasteiger partial charge in [0.25, 0.3) is 0 Å². The van der Waals surface area contributed by atoms with Crippen molar-refractivity contribution < 1.29 is 38.1 Å². The van der Waals surface area contributed by atoms with Gasteiger partial charge in [0, 0.05) is 25.7 Å². The van der Waals surface area contributed by atoms with Crippen molar-refractivity contribution in [3.8, 4) is 49.4 Å². The molecule has 4 amide bonds. The van der Waals surface area contributed by atoms with Gasteiger partial charge in [-0.2, -0.15) is 0 Å². The molecular weight excluding hydrogens is 532 g/mol. The first-order valence-corrected chi connectivity index (χ1v) is 12.9. The zero-order chi connectivity index (χ0) is 30.6. The van der Waals surface area contributed by atoms with Gasteiger partial charge in [-0.05, 0) is 0 Å². The SMILES string of the molecule is C#CCNC(=O)CCOCC(COCCC(=O)NCC#C)(COCCC(=O)NCC#C)COCCC(=O)NCC#C. The molecule has 0 fully saturated rings. The normalized spacial score (nSPS) is 10.2. The van der Waals surface area contributed by atoms with E-state index in [1.807, 2.05) is 0 Å². The van der Waals surface area contributed by atoms with E-state index in [1.54, 1.807) is 0 Å². The summed E-state index contributed by atoms with van der Waals surface area (Å²) >= 11 is 0. The Hall–Kier alpha value is -4.04. The lowest BCUT2D eigenvalue weighted by atomic mass is 9.92. The number of ether oxygens (including phenoxy) is 4. The Kier molecular flexibility index (Phi) is 22.5. The number of amides is 4. The van der Waals surface area contributed by atoms with Gasteiger partial charge in [0.15, 0.2) is 0 Å². The summed E-state index contributed by atoms with van der Waals surface area (Å²) in [6.45, 7) is 0.936. The predicted molar refractivity (Wildman–Crippen MR) is 152 cm³/mol. The van der Waals surface area contributed by atoms with Crippen LogP contribution >= 0.6 is 0 Å². The first-order valence-electron chi connectivity index (χ1n) is 12.9. The van der Waals surface area contributed by atoms with Crippen molar-refractivity contribution in [2.45, 2.75) is 25.7 Å². The van der Waals surface area contributed by atoms with Crippen molar-refractivity contribution in [1.29, 1.82) is 0 Å². The molecule has 224 valence electrons. The van der Waals surface area contributed by atoms with Crippen molar-refractivity contribution in [2.24, 2.45) is 5.41 Å². The zero-order valence-corrected chi connectivity index (χ0v) is 23.4. The molecule has 0 aromatic rings. The van der Waals surface area contributed by atoms with Crippen molar-refractivity contribution in [1.82, 2.24) is 21.3 Å². The second-order valence-corrected chi connectivity index (χ2v) is 8.63. The second-order valence-electron chi connectivity index (χ2n) is 8.63. The number of rotatable bonds is 24. The molecule has 12 heteroatoms. The highest BCUT2D eigenvalue weighted by atomic mass is 16.5. The lowest BCUT2D eigenvalue weighted by molar-refractivity contribution is -0.128. The minimum Gasteiger partial charge on any atom is -0.380 e. The Balaban J connectivity index is 5.30. The van der Waals surface area contributed by atoms with E-state index in [1.165, 1.54) is 0 Å². The monoisotopic (exact) mass is 572 g/mol. The smallest absolute Gasteiger partial charge is 0.223 e. The first kappa shape index (κ1) is 37.0. The van der Waals surface area contributed by atoms with Gasteiger partial charge < -0.3 is 40.2 Å². The van der Waals surface area contributed by atoms with Crippen LogP contribution in [0.25, 0.3) is 0 Å². The molecule has 0 bridgehead atoms. The average molecular weight is 573 g/mol. The molecule has 0 aliphatic carbocycles. The van der Waals surface area contributed by atoms with Gasteiger partial charge in [-0.15, -0.1) is 25.7 Å². The van der Waals surface area contributed by atoms with Gasteiger partial charge in [0.05, 0.1) is 84.4 Å². The summed E-state index contributed by atoms with van der Waals surface area (Å²) in [7, 11) is 0. The second kappa shape index (κ2) is 25.0. The quantitative estimate of drug-likeness (QED) is 0.0814. The van der Waals surface area contributed by atoms with Crippen LogP contribution in [0.2, 0.25) is 0 Å². The van der Waals surface area contributed by atoms with E-state index < -0.39 is 5.41 Å². The molecule has 0 radical (unpaired) electrons. The van der Waals surface area contributed by atoms with E-state index in [9.17, 15) is 19.2 Å². The molecule has 0 aromatic heterocycles. The summed E-state index contributed by atoms with van der Waals surface area (Å²) in [4.78, 5) is 47.5. The maximum absolute atomic E-state index is 11.9. The Bertz CT molecular complexity index is 814. The highest BCUT2D eigenvalue weighted by Crippen LogP contribution is 2.21. The third kappa shape index (κ3) is 21.5. The van der Waals surface area contributed by atoms with Gasteiger partial charge >= 0.3 is 0 Å². The zero-order valence-electron chi connectivity index (χ0n) is 23.4. The summed E-state index contributed by atoms with van der Waals surface area (Å²) < 4.78 is 23.1. The number of hydrogen-bond acceptors (Lipinski definition) is 8. The number of carbonyl (C=O) groups is 4. The van der Waals surface area contributed by atoms with Crippen LogP contribution in [0.5, 0.6) is 0 Å². The third-order valence-corrected chi connectivity index (χ3v) is 5.08. The molecule has 0 saturated carbocycles. The molecule has 12 nitrogen and oxygen atoms in total. The van der Waals surface area contributed by atoms with Gasteiger partial charge in [-0.1, -0.05) is 23.7 Å². The Morgan fingerprint density at radius 1 is 0.463 bits per heavy atom. The summed E-state index contributed by atoms with van der Waals surface area (Å²) in [5.74, 6) is 8.19. The highest BCUT2D eigenvalue weighted by Gasteiger charge is 2.33. The molecule has 0 saturated heterocycles. The summed E-state index contributed by atoms with van der Waals surface area (Å²) in [5.41, 5.74) is -0.908. The molecule has 0 aliphatic rings. The number of terminal acetylenes is 4. The molecule has 0 aromatic carbocycles. The minimum atomic E-state index is -0.908. The first-order chi connectivity index (χ1) is 19.8. The van der Waals surface area contributed by atoms with Crippen molar-refractivity contribution in [3.63, 3.8) is 0 Å². The molecule has 4 N–H and O–H groups in total. The Morgan fingerprint density at radius 3 is 0.878 bits per heavy atom. The number of carbonyl (C=O) groups excluding carboxylic acids is 4. The predicted octanol–water partition coefficient (Wildman–Crippen LogP) is -1.40. The van der Waals surface area contributed by atoms with E-state index in [4.69, 9.17) is 44.6 Å². The average Bonchev–Trinajstić information content (AvgIpc) is 2.97. The lowest BCUT2D eigenvalue weighted by Gasteiger charge is -2.33. The topological polar surface area (TPSA) is 153 Å². The van der Waals surface area contributed by atoms with Crippen LogP contribution in [0.15, 0.2) is 0 Å². The fourth-order valence-corrected chi connectivity index (χ4v) is 3.02. The molecule has 0 heterocycles. The van der Waals surface area contributed by atoms with Crippen LogP contribution in [0.3, 0.4) is 0 Å². The summed E-state index contributed by atoms with van der Waals surface area (Å²) in [6, 6.07) is 0. The Labute approximate surface area is 242 Å². The van der Waals surface area contributed by atoms with Crippen molar-refractivity contribution in [3.05, 3.63) is 0 Å². The fraction of sp³-hybridized carbons (Fsp3) is 0.586. The van der Waals surface area contributed by atoms with Crippen molar-refractivity contribution >= 4 is 23.6 Å². The fourth-order valence-electron chi connectivity index (χ4n) is 3.02. The van der Waals surface area contributed by atoms with Crippen LogP contribution in [0.4, 0.5) is 0 Å². The van der Waals surface area contributed by atoms with Gasteiger partial charge in [0.1, 0.15) is 0 Å². The maximum Gasteiger partial charge on any atom is 0.223 e. The highest BCUT2D eigenvalue weighted by molar-refractivity contribution is 5.77. The Morgan fingerprint density at radius 2 is 0.683 bits per heavy atom. The van der Waals surface area contributed by atoms with Crippen LogP contribution in [-0.4, -0.2) is 103 Å². The summed E-state index contributed by atoms with van der Waals surface area (Å²) in [6.07, 6.45) is 20.9. The molecule has 0 atom stereocenters. The number of hydrogen-bond donors (Lipinski definition) is 4. The molecule has 0 spiro atoms. The van der Waals surface area contributed by atoms with Gasteiger partial charge in [0.2, 0.25) is 23.6 Å². The van der Waals surface area contributed by atoms with E-state index in [0.717, 1.165) is 0 Å². The van der Waals surface area contributed by atoms with Gasteiger partial charge in [-0.3, -0.25) is 19.2 Å². The molecule has 0 rings (SSSR count). The van der Waals surface area contributed by atoms with E-state index in [0.29, 0.717) is 0 Å². The molecule has 0 unspecified atom stereocenters. The lowest BCUT2D eigenvalue weighted by Crippen LogP contribution is -2.43. The van der Waals surface area contributed by atoms with E-state index >= 15 is 0 Å². The maximum atomic E-state index is 11.9. The minimum absolute atomic E-state index is 0.0469. The van der Waals surface area contributed by atoms with Crippen LogP contribution in [-0.2, 0) is 38.1 Å².